The molecule has 1 amide bonds. The number of nitrogens with zero attached hydrogens (tertiary/aromatic N) is 1. The Bertz CT molecular complexity index is 829. The third kappa shape index (κ3) is 5.25. The minimum atomic E-state index is -0.738. The van der Waals surface area contributed by atoms with Gasteiger partial charge < -0.3 is 14.4 Å². The molecule has 0 saturated carbocycles. The molecule has 0 radical (unpaired) electrons. The van der Waals surface area contributed by atoms with Gasteiger partial charge in [-0.2, -0.15) is 0 Å². The Morgan fingerprint density at radius 2 is 1.96 bits per heavy atom. The Hall–Kier alpha value is -2.09. The average molecular weight is 414 g/mol. The number of benzene rings is 2. The molecule has 1 atom stereocenters. The highest BCUT2D eigenvalue weighted by Gasteiger charge is 2.26. The van der Waals surface area contributed by atoms with Gasteiger partial charge in [-0.05, 0) is 29.8 Å². The van der Waals surface area contributed by atoms with Crippen molar-refractivity contribution in [2.75, 3.05) is 26.3 Å². The van der Waals surface area contributed by atoms with Gasteiger partial charge in [0, 0.05) is 23.7 Å². The number of rotatable bonds is 6. The first kappa shape index (κ1) is 20.6. The molecule has 28 heavy (non-hydrogen) atoms. The van der Waals surface area contributed by atoms with Crippen molar-refractivity contribution in [2.45, 2.75) is 19.1 Å². The van der Waals surface area contributed by atoms with Crippen LogP contribution in [0.3, 0.4) is 0 Å². The van der Waals surface area contributed by atoms with E-state index in [0.717, 1.165) is 12.1 Å². The Morgan fingerprint density at radius 1 is 1.21 bits per heavy atom. The summed E-state index contributed by atoms with van der Waals surface area (Å²) in [5.74, 6) is -2.28. The minimum absolute atomic E-state index is 0.174. The first-order chi connectivity index (χ1) is 13.4. The zero-order valence-electron chi connectivity index (χ0n) is 15.0. The van der Waals surface area contributed by atoms with E-state index in [1.807, 2.05) is 0 Å². The highest BCUT2D eigenvalue weighted by Crippen LogP contribution is 2.19. The molecule has 1 aliphatic rings. The first-order valence-corrected chi connectivity index (χ1v) is 9.16. The second-order valence-corrected chi connectivity index (χ2v) is 6.87. The number of hydrogen-bond donors (Lipinski definition) is 0. The summed E-state index contributed by atoms with van der Waals surface area (Å²) >= 11 is 5.95. The van der Waals surface area contributed by atoms with E-state index in [4.69, 9.17) is 21.1 Å². The molecule has 1 fully saturated rings. The molecule has 3 rings (SSSR count). The third-order valence-electron chi connectivity index (χ3n) is 4.46. The van der Waals surface area contributed by atoms with Crippen LogP contribution in [0.4, 0.5) is 13.2 Å². The van der Waals surface area contributed by atoms with Crippen LogP contribution in [0.5, 0.6) is 0 Å². The van der Waals surface area contributed by atoms with Gasteiger partial charge in [-0.15, -0.1) is 0 Å². The highest BCUT2D eigenvalue weighted by molar-refractivity contribution is 6.31. The van der Waals surface area contributed by atoms with Gasteiger partial charge in [0.25, 0.3) is 0 Å². The van der Waals surface area contributed by atoms with E-state index in [2.05, 4.69) is 0 Å². The number of carbonyl (C=O) groups is 1. The lowest BCUT2D eigenvalue weighted by Crippen LogP contribution is -2.47. The van der Waals surface area contributed by atoms with Crippen LogP contribution >= 0.6 is 11.6 Å². The molecular weight excluding hydrogens is 395 g/mol. The molecule has 1 heterocycles. The summed E-state index contributed by atoms with van der Waals surface area (Å²) in [6, 6.07) is 7.56. The average Bonchev–Trinajstić information content (AvgIpc) is 2.67. The van der Waals surface area contributed by atoms with Crippen LogP contribution < -0.4 is 0 Å². The maximum atomic E-state index is 13.8. The van der Waals surface area contributed by atoms with Crippen LogP contribution in [0.2, 0.25) is 5.02 Å². The van der Waals surface area contributed by atoms with Crippen molar-refractivity contribution in [2.24, 2.45) is 0 Å². The summed E-state index contributed by atoms with van der Waals surface area (Å²) in [6.45, 7) is 1.27. The van der Waals surface area contributed by atoms with Gasteiger partial charge in [-0.3, -0.25) is 4.79 Å². The van der Waals surface area contributed by atoms with E-state index < -0.39 is 17.5 Å². The molecule has 8 heteroatoms. The van der Waals surface area contributed by atoms with Crippen LogP contribution in [-0.2, 0) is 27.3 Å². The molecule has 0 spiro atoms. The topological polar surface area (TPSA) is 38.8 Å². The van der Waals surface area contributed by atoms with Crippen molar-refractivity contribution in [3.63, 3.8) is 0 Å². The van der Waals surface area contributed by atoms with Crippen molar-refractivity contribution in [1.29, 1.82) is 0 Å². The van der Waals surface area contributed by atoms with Crippen LogP contribution in [0.1, 0.15) is 11.1 Å². The van der Waals surface area contributed by atoms with Gasteiger partial charge in [0.1, 0.15) is 17.5 Å². The SMILES string of the molecule is O=C(Cc1c(F)cccc1F)N1CCOC(COCc2ccc(F)cc2Cl)C1. The lowest BCUT2D eigenvalue weighted by atomic mass is 10.1. The van der Waals surface area contributed by atoms with Gasteiger partial charge in [0.2, 0.25) is 5.91 Å². The fourth-order valence-electron chi connectivity index (χ4n) is 2.95. The Balaban J connectivity index is 1.51. The van der Waals surface area contributed by atoms with Gasteiger partial charge in [0.15, 0.2) is 0 Å². The summed E-state index contributed by atoms with van der Waals surface area (Å²) in [5, 5.41) is 0.272. The summed E-state index contributed by atoms with van der Waals surface area (Å²) in [5.41, 5.74) is 0.402. The molecule has 1 aliphatic heterocycles. The maximum Gasteiger partial charge on any atom is 0.227 e. The predicted molar refractivity (Wildman–Crippen MR) is 97.4 cm³/mol. The van der Waals surface area contributed by atoms with E-state index in [9.17, 15) is 18.0 Å². The van der Waals surface area contributed by atoms with Crippen molar-refractivity contribution < 1.29 is 27.4 Å². The number of halogens is 4. The molecule has 0 aliphatic carbocycles. The van der Waals surface area contributed by atoms with Crippen LogP contribution in [0.15, 0.2) is 36.4 Å². The molecule has 4 nitrogen and oxygen atoms in total. The summed E-state index contributed by atoms with van der Waals surface area (Å²) in [6.07, 6.45) is -0.723. The van der Waals surface area contributed by atoms with Crippen LogP contribution in [0.25, 0.3) is 0 Å². The zero-order chi connectivity index (χ0) is 20.1. The van der Waals surface area contributed by atoms with E-state index in [0.29, 0.717) is 18.7 Å². The first-order valence-electron chi connectivity index (χ1n) is 8.78. The number of morpholine rings is 1. The molecule has 1 saturated heterocycles. The van der Waals surface area contributed by atoms with Gasteiger partial charge >= 0.3 is 0 Å². The Morgan fingerprint density at radius 3 is 2.68 bits per heavy atom. The number of amides is 1. The summed E-state index contributed by atoms with van der Waals surface area (Å²) in [4.78, 5) is 13.9. The van der Waals surface area contributed by atoms with E-state index in [1.54, 1.807) is 0 Å². The van der Waals surface area contributed by atoms with E-state index >= 15 is 0 Å². The van der Waals surface area contributed by atoms with Crippen LogP contribution in [-0.4, -0.2) is 43.2 Å². The minimum Gasteiger partial charge on any atom is -0.374 e. The molecule has 0 aromatic heterocycles. The van der Waals surface area contributed by atoms with Gasteiger partial charge in [0.05, 0.1) is 32.3 Å². The lowest BCUT2D eigenvalue weighted by molar-refractivity contribution is -0.141. The smallest absolute Gasteiger partial charge is 0.227 e. The second kappa shape index (κ2) is 9.41. The second-order valence-electron chi connectivity index (χ2n) is 6.46. The molecule has 1 unspecified atom stereocenters. The highest BCUT2D eigenvalue weighted by atomic mass is 35.5. The number of carbonyl (C=O) groups excluding carboxylic acids is 1. The predicted octanol–water partition coefficient (Wildman–Crippen LogP) is 3.74. The Kier molecular flexibility index (Phi) is 6.93. The van der Waals surface area contributed by atoms with E-state index in [1.165, 1.54) is 29.2 Å². The van der Waals surface area contributed by atoms with Crippen LogP contribution in [0, 0.1) is 17.5 Å². The van der Waals surface area contributed by atoms with Crippen molar-refractivity contribution in [1.82, 2.24) is 4.90 Å². The molecule has 0 bridgehead atoms. The van der Waals surface area contributed by atoms with E-state index in [-0.39, 0.29) is 48.8 Å². The molecular formula is C20H19ClF3NO3. The largest absolute Gasteiger partial charge is 0.374 e. The van der Waals surface area contributed by atoms with Crippen molar-refractivity contribution in [3.8, 4) is 0 Å². The normalized spacial score (nSPS) is 17.0. The third-order valence-corrected chi connectivity index (χ3v) is 4.81. The molecule has 0 N–H and O–H groups in total. The quantitative estimate of drug-likeness (QED) is 0.724. The fraction of sp³-hybridized carbons (Fsp3) is 0.350. The fourth-order valence-corrected chi connectivity index (χ4v) is 3.17. The van der Waals surface area contributed by atoms with Gasteiger partial charge in [-0.25, -0.2) is 13.2 Å². The number of ether oxygens (including phenoxy) is 2. The molecule has 2 aromatic rings. The molecule has 2 aromatic carbocycles. The monoisotopic (exact) mass is 413 g/mol. The molecule has 150 valence electrons. The summed E-state index contributed by atoms with van der Waals surface area (Å²) < 4.78 is 51.7. The van der Waals surface area contributed by atoms with Gasteiger partial charge in [-0.1, -0.05) is 23.7 Å². The standard InChI is InChI=1S/C20H19ClF3NO3/c21-17-8-14(22)5-4-13(17)11-27-12-15-10-25(6-7-28-15)20(26)9-16-18(23)2-1-3-19(16)24/h1-5,8,15H,6-7,9-12H2. The summed E-state index contributed by atoms with van der Waals surface area (Å²) in [7, 11) is 0. The Labute approximate surface area is 165 Å². The lowest BCUT2D eigenvalue weighted by Gasteiger charge is -2.33. The number of hydrogen-bond acceptors (Lipinski definition) is 3. The van der Waals surface area contributed by atoms with Crippen molar-refractivity contribution >= 4 is 17.5 Å². The van der Waals surface area contributed by atoms with Crippen molar-refractivity contribution in [3.05, 3.63) is 70.0 Å². The maximum absolute atomic E-state index is 13.8. The zero-order valence-corrected chi connectivity index (χ0v) is 15.7.